The number of hydrogen-bond donors (Lipinski definition) is 1. The Morgan fingerprint density at radius 1 is 1.27 bits per heavy atom. The van der Waals surface area contributed by atoms with Crippen LogP contribution in [0.3, 0.4) is 0 Å². The third kappa shape index (κ3) is 7.82. The van der Waals surface area contributed by atoms with Gasteiger partial charge in [0.2, 0.25) is 0 Å². The maximum absolute atomic E-state index is 9.33. The lowest BCUT2D eigenvalue weighted by Crippen LogP contribution is -2.10. The number of unbranched alkanes of at least 4 members (excludes halogenated alkanes) is 1. The molecule has 0 rings (SSSR count). The molecular formula is C9H20O2. The largest absolute Gasteiger partial charge is 0.393 e. The van der Waals surface area contributed by atoms with Gasteiger partial charge < -0.3 is 9.84 Å². The van der Waals surface area contributed by atoms with Crippen LogP contribution in [0.4, 0.5) is 0 Å². The highest BCUT2D eigenvalue weighted by molar-refractivity contribution is 4.54. The van der Waals surface area contributed by atoms with Crippen LogP contribution in [0.25, 0.3) is 0 Å². The molecule has 1 unspecified atom stereocenters. The minimum atomic E-state index is -0.151. The minimum Gasteiger partial charge on any atom is -0.393 e. The van der Waals surface area contributed by atoms with Crippen molar-refractivity contribution in [2.75, 3.05) is 13.2 Å². The summed E-state index contributed by atoms with van der Waals surface area (Å²) in [5.74, 6) is 0. The smallest absolute Gasteiger partial charge is 0.0562 e. The molecule has 0 radical (unpaired) electrons. The van der Waals surface area contributed by atoms with Gasteiger partial charge in [-0.15, -0.1) is 0 Å². The highest BCUT2D eigenvalue weighted by atomic mass is 16.5. The minimum absolute atomic E-state index is 0.151. The molecule has 0 amide bonds. The number of hydrogen-bond acceptors (Lipinski definition) is 2. The molecule has 0 spiro atoms. The summed E-state index contributed by atoms with van der Waals surface area (Å²) < 4.78 is 5.12. The average Bonchev–Trinajstić information content (AvgIpc) is 2.01. The van der Waals surface area contributed by atoms with Crippen LogP contribution in [-0.2, 0) is 4.74 Å². The van der Waals surface area contributed by atoms with Gasteiger partial charge in [-0.25, -0.2) is 0 Å². The zero-order valence-electron chi connectivity index (χ0n) is 7.68. The average molecular weight is 160 g/mol. The molecule has 0 saturated carbocycles. The van der Waals surface area contributed by atoms with Gasteiger partial charge in [-0.1, -0.05) is 19.8 Å². The lowest BCUT2D eigenvalue weighted by Gasteiger charge is -2.08. The van der Waals surface area contributed by atoms with Crippen LogP contribution in [0, 0.1) is 0 Å². The molecule has 0 saturated heterocycles. The van der Waals surface area contributed by atoms with E-state index < -0.39 is 0 Å². The summed E-state index contributed by atoms with van der Waals surface area (Å²) in [5.41, 5.74) is 0. The first kappa shape index (κ1) is 10.9. The Kier molecular flexibility index (Phi) is 7.96. The van der Waals surface area contributed by atoms with E-state index in [-0.39, 0.29) is 6.10 Å². The second-order valence-electron chi connectivity index (χ2n) is 2.78. The van der Waals surface area contributed by atoms with Crippen LogP contribution in [-0.4, -0.2) is 24.4 Å². The molecule has 0 aromatic rings. The number of rotatable bonds is 7. The van der Waals surface area contributed by atoms with Crippen molar-refractivity contribution in [1.29, 1.82) is 0 Å². The van der Waals surface area contributed by atoms with E-state index in [0.717, 1.165) is 32.3 Å². The van der Waals surface area contributed by atoms with E-state index in [1.165, 1.54) is 0 Å². The molecular weight excluding hydrogens is 140 g/mol. The van der Waals surface area contributed by atoms with Gasteiger partial charge >= 0.3 is 0 Å². The molecule has 68 valence electrons. The van der Waals surface area contributed by atoms with Gasteiger partial charge in [0.1, 0.15) is 0 Å². The van der Waals surface area contributed by atoms with Crippen LogP contribution >= 0.6 is 0 Å². The molecule has 0 aromatic heterocycles. The molecule has 0 aliphatic carbocycles. The Balaban J connectivity index is 3.02. The Labute approximate surface area is 69.6 Å². The van der Waals surface area contributed by atoms with Crippen LogP contribution < -0.4 is 0 Å². The maximum atomic E-state index is 9.33. The van der Waals surface area contributed by atoms with E-state index in [1.54, 1.807) is 0 Å². The quantitative estimate of drug-likeness (QED) is 0.577. The van der Waals surface area contributed by atoms with Crippen molar-refractivity contribution >= 4 is 0 Å². The summed E-state index contributed by atoms with van der Waals surface area (Å²) in [5, 5.41) is 9.33. The normalized spacial score (nSPS) is 13.4. The van der Waals surface area contributed by atoms with Gasteiger partial charge in [0, 0.05) is 13.2 Å². The summed E-state index contributed by atoms with van der Waals surface area (Å²) in [6.07, 6.45) is 3.83. The van der Waals surface area contributed by atoms with Crippen molar-refractivity contribution < 1.29 is 9.84 Å². The van der Waals surface area contributed by atoms with Crippen molar-refractivity contribution in [1.82, 2.24) is 0 Å². The van der Waals surface area contributed by atoms with E-state index >= 15 is 0 Å². The van der Waals surface area contributed by atoms with Gasteiger partial charge in [-0.3, -0.25) is 0 Å². The fourth-order valence-electron chi connectivity index (χ4n) is 0.948. The first-order chi connectivity index (χ1) is 5.31. The van der Waals surface area contributed by atoms with Crippen LogP contribution in [0.1, 0.15) is 39.5 Å². The van der Waals surface area contributed by atoms with Gasteiger partial charge in [-0.2, -0.15) is 0 Å². The van der Waals surface area contributed by atoms with Crippen LogP contribution in [0.5, 0.6) is 0 Å². The number of ether oxygens (including phenoxy) is 1. The first-order valence-corrected chi connectivity index (χ1v) is 4.57. The SMILES string of the molecule is CCCCC(O)CCOCC. The summed E-state index contributed by atoms with van der Waals surface area (Å²) in [4.78, 5) is 0. The first-order valence-electron chi connectivity index (χ1n) is 4.57. The highest BCUT2D eigenvalue weighted by Crippen LogP contribution is 2.03. The Bertz CT molecular complexity index is 74.0. The van der Waals surface area contributed by atoms with E-state index in [0.29, 0.717) is 6.61 Å². The summed E-state index contributed by atoms with van der Waals surface area (Å²) >= 11 is 0. The van der Waals surface area contributed by atoms with E-state index in [1.807, 2.05) is 6.92 Å². The van der Waals surface area contributed by atoms with Gasteiger partial charge in [0.15, 0.2) is 0 Å². The van der Waals surface area contributed by atoms with E-state index in [9.17, 15) is 5.11 Å². The third-order valence-electron chi connectivity index (χ3n) is 1.69. The van der Waals surface area contributed by atoms with Crippen molar-refractivity contribution in [2.24, 2.45) is 0 Å². The van der Waals surface area contributed by atoms with Crippen LogP contribution in [0.15, 0.2) is 0 Å². The third-order valence-corrected chi connectivity index (χ3v) is 1.69. The van der Waals surface area contributed by atoms with Gasteiger partial charge in [-0.05, 0) is 19.8 Å². The topological polar surface area (TPSA) is 29.5 Å². The fraction of sp³-hybridized carbons (Fsp3) is 1.00. The Morgan fingerprint density at radius 2 is 2.00 bits per heavy atom. The predicted molar refractivity (Wildman–Crippen MR) is 46.6 cm³/mol. The second-order valence-corrected chi connectivity index (χ2v) is 2.78. The van der Waals surface area contributed by atoms with Crippen molar-refractivity contribution in [3.05, 3.63) is 0 Å². The zero-order valence-corrected chi connectivity index (χ0v) is 7.68. The van der Waals surface area contributed by atoms with Crippen molar-refractivity contribution in [3.63, 3.8) is 0 Å². The van der Waals surface area contributed by atoms with Gasteiger partial charge in [0.25, 0.3) is 0 Å². The predicted octanol–water partition coefficient (Wildman–Crippen LogP) is 1.96. The second kappa shape index (κ2) is 8.02. The lowest BCUT2D eigenvalue weighted by atomic mass is 10.1. The number of aliphatic hydroxyl groups is 1. The highest BCUT2D eigenvalue weighted by Gasteiger charge is 2.01. The molecule has 1 N–H and O–H groups in total. The monoisotopic (exact) mass is 160 g/mol. The molecule has 2 heteroatoms. The zero-order chi connectivity index (χ0) is 8.53. The molecule has 0 bridgehead atoms. The molecule has 0 aliphatic heterocycles. The molecule has 1 atom stereocenters. The molecule has 0 aromatic carbocycles. The Hall–Kier alpha value is -0.0800. The summed E-state index contributed by atoms with van der Waals surface area (Å²) in [7, 11) is 0. The standard InChI is InChI=1S/C9H20O2/c1-3-5-6-9(10)7-8-11-4-2/h9-10H,3-8H2,1-2H3. The number of aliphatic hydroxyl groups excluding tert-OH is 1. The molecule has 0 fully saturated rings. The molecule has 0 heterocycles. The van der Waals surface area contributed by atoms with Crippen molar-refractivity contribution in [3.8, 4) is 0 Å². The van der Waals surface area contributed by atoms with E-state index in [4.69, 9.17) is 4.74 Å². The van der Waals surface area contributed by atoms with Crippen molar-refractivity contribution in [2.45, 2.75) is 45.6 Å². The Morgan fingerprint density at radius 3 is 2.55 bits per heavy atom. The fourth-order valence-corrected chi connectivity index (χ4v) is 0.948. The molecule has 2 nitrogen and oxygen atoms in total. The summed E-state index contributed by atoms with van der Waals surface area (Å²) in [6.45, 7) is 5.55. The van der Waals surface area contributed by atoms with Gasteiger partial charge in [0.05, 0.1) is 6.10 Å². The summed E-state index contributed by atoms with van der Waals surface area (Å²) in [6, 6.07) is 0. The lowest BCUT2D eigenvalue weighted by molar-refractivity contribution is 0.0831. The molecule has 11 heavy (non-hydrogen) atoms. The van der Waals surface area contributed by atoms with Crippen LogP contribution in [0.2, 0.25) is 0 Å². The maximum Gasteiger partial charge on any atom is 0.0562 e. The molecule has 0 aliphatic rings. The van der Waals surface area contributed by atoms with E-state index in [2.05, 4.69) is 6.92 Å².